The first kappa shape index (κ1) is 13.9. The van der Waals surface area contributed by atoms with Crippen LogP contribution in [0.3, 0.4) is 0 Å². The molecule has 18 heavy (non-hydrogen) atoms. The van der Waals surface area contributed by atoms with Crippen molar-refractivity contribution in [2.45, 2.75) is 6.92 Å². The Hall–Kier alpha value is -2.16. The molecule has 3 nitrogen and oxygen atoms in total. The van der Waals surface area contributed by atoms with Crippen molar-refractivity contribution < 1.29 is 14.6 Å². The highest BCUT2D eigenvalue weighted by Crippen LogP contribution is 2.30. The number of ether oxygens (including phenoxy) is 2. The molecular formula is C15H18O3. The Bertz CT molecular complexity index is 459. The van der Waals surface area contributed by atoms with Gasteiger partial charge in [0.1, 0.15) is 12.4 Å². The SMILES string of the molecule is C=C/C(=C\C=C/C)COc1ccc(O)cc1OC. The Morgan fingerprint density at radius 3 is 2.78 bits per heavy atom. The van der Waals surface area contributed by atoms with E-state index in [0.717, 1.165) is 5.57 Å². The average molecular weight is 246 g/mol. The smallest absolute Gasteiger partial charge is 0.164 e. The van der Waals surface area contributed by atoms with Crippen LogP contribution in [-0.2, 0) is 0 Å². The summed E-state index contributed by atoms with van der Waals surface area (Å²) in [7, 11) is 1.53. The normalized spacial score (nSPS) is 11.6. The van der Waals surface area contributed by atoms with Gasteiger partial charge in [-0.25, -0.2) is 0 Å². The van der Waals surface area contributed by atoms with E-state index in [4.69, 9.17) is 9.47 Å². The van der Waals surface area contributed by atoms with E-state index in [1.54, 1.807) is 18.2 Å². The van der Waals surface area contributed by atoms with E-state index >= 15 is 0 Å². The standard InChI is InChI=1S/C15H18O3/c1-4-6-7-12(5-2)11-18-14-9-8-13(16)10-15(14)17-3/h4-10,16H,2,11H2,1,3H3/b6-4-,12-7+. The summed E-state index contributed by atoms with van der Waals surface area (Å²) >= 11 is 0. The van der Waals surface area contributed by atoms with Gasteiger partial charge >= 0.3 is 0 Å². The summed E-state index contributed by atoms with van der Waals surface area (Å²) in [6, 6.07) is 4.74. The van der Waals surface area contributed by atoms with E-state index in [0.29, 0.717) is 18.1 Å². The predicted molar refractivity (Wildman–Crippen MR) is 73.2 cm³/mol. The van der Waals surface area contributed by atoms with E-state index < -0.39 is 0 Å². The zero-order valence-electron chi connectivity index (χ0n) is 10.7. The average Bonchev–Trinajstić information content (AvgIpc) is 2.40. The number of hydrogen-bond donors (Lipinski definition) is 1. The summed E-state index contributed by atoms with van der Waals surface area (Å²) in [5.41, 5.74) is 0.961. The highest BCUT2D eigenvalue weighted by molar-refractivity contribution is 5.45. The molecule has 0 aliphatic carbocycles. The molecule has 1 N–H and O–H groups in total. The molecule has 0 saturated heterocycles. The third-order valence-electron chi connectivity index (χ3n) is 2.31. The highest BCUT2D eigenvalue weighted by atomic mass is 16.5. The van der Waals surface area contributed by atoms with Crippen molar-refractivity contribution >= 4 is 0 Å². The zero-order chi connectivity index (χ0) is 13.4. The van der Waals surface area contributed by atoms with Crippen molar-refractivity contribution in [1.82, 2.24) is 0 Å². The summed E-state index contributed by atoms with van der Waals surface area (Å²) in [4.78, 5) is 0. The second-order valence-corrected chi connectivity index (χ2v) is 3.60. The van der Waals surface area contributed by atoms with Crippen LogP contribution in [0.15, 0.2) is 54.7 Å². The summed E-state index contributed by atoms with van der Waals surface area (Å²) in [6.07, 6.45) is 7.53. The topological polar surface area (TPSA) is 38.7 Å². The van der Waals surface area contributed by atoms with Crippen LogP contribution in [0.1, 0.15) is 6.92 Å². The van der Waals surface area contributed by atoms with E-state index in [1.807, 2.05) is 25.2 Å². The molecule has 96 valence electrons. The van der Waals surface area contributed by atoms with Gasteiger partial charge in [0, 0.05) is 6.07 Å². The molecule has 0 aliphatic heterocycles. The summed E-state index contributed by atoms with van der Waals surface area (Å²) in [5, 5.41) is 9.34. The Morgan fingerprint density at radius 2 is 2.17 bits per heavy atom. The molecule has 0 unspecified atom stereocenters. The van der Waals surface area contributed by atoms with E-state index in [9.17, 15) is 5.11 Å². The quantitative estimate of drug-likeness (QED) is 0.781. The number of methoxy groups -OCH3 is 1. The first-order chi connectivity index (χ1) is 8.71. The van der Waals surface area contributed by atoms with Crippen molar-refractivity contribution in [3.05, 3.63) is 54.7 Å². The maximum Gasteiger partial charge on any atom is 0.164 e. The monoisotopic (exact) mass is 246 g/mol. The first-order valence-corrected chi connectivity index (χ1v) is 5.65. The zero-order valence-corrected chi connectivity index (χ0v) is 10.7. The van der Waals surface area contributed by atoms with Crippen LogP contribution in [0, 0.1) is 0 Å². The molecule has 0 saturated carbocycles. The molecule has 0 radical (unpaired) electrons. The molecule has 0 bridgehead atoms. The van der Waals surface area contributed by atoms with Crippen LogP contribution in [0.2, 0.25) is 0 Å². The predicted octanol–water partition coefficient (Wildman–Crippen LogP) is 3.47. The van der Waals surface area contributed by atoms with Crippen molar-refractivity contribution in [3.63, 3.8) is 0 Å². The number of hydrogen-bond acceptors (Lipinski definition) is 3. The lowest BCUT2D eigenvalue weighted by Crippen LogP contribution is -2.00. The summed E-state index contributed by atoms with van der Waals surface area (Å²) in [5.74, 6) is 1.24. The number of rotatable bonds is 6. The van der Waals surface area contributed by atoms with Crippen molar-refractivity contribution in [3.8, 4) is 17.2 Å². The van der Waals surface area contributed by atoms with Crippen LogP contribution in [0.4, 0.5) is 0 Å². The Labute approximate surface area is 108 Å². The molecule has 1 rings (SSSR count). The third kappa shape index (κ3) is 4.01. The molecular weight excluding hydrogens is 228 g/mol. The summed E-state index contributed by atoms with van der Waals surface area (Å²) in [6.45, 7) is 6.07. The maximum atomic E-state index is 9.34. The lowest BCUT2D eigenvalue weighted by molar-refractivity contribution is 0.319. The first-order valence-electron chi connectivity index (χ1n) is 5.65. The minimum Gasteiger partial charge on any atom is -0.508 e. The van der Waals surface area contributed by atoms with Gasteiger partial charge < -0.3 is 14.6 Å². The van der Waals surface area contributed by atoms with Crippen molar-refractivity contribution in [2.75, 3.05) is 13.7 Å². The molecule has 0 fully saturated rings. The summed E-state index contributed by atoms with van der Waals surface area (Å²) < 4.78 is 10.8. The Balaban J connectivity index is 2.76. The molecule has 0 aliphatic rings. The van der Waals surface area contributed by atoms with Gasteiger partial charge in [-0.2, -0.15) is 0 Å². The number of phenols is 1. The van der Waals surface area contributed by atoms with Gasteiger partial charge in [0.25, 0.3) is 0 Å². The lowest BCUT2D eigenvalue weighted by atomic mass is 10.2. The molecule has 0 spiro atoms. The molecule has 0 amide bonds. The van der Waals surface area contributed by atoms with Crippen LogP contribution < -0.4 is 9.47 Å². The number of allylic oxidation sites excluding steroid dienone is 3. The highest BCUT2D eigenvalue weighted by Gasteiger charge is 2.05. The van der Waals surface area contributed by atoms with Gasteiger partial charge in [0.15, 0.2) is 11.5 Å². The van der Waals surface area contributed by atoms with Crippen LogP contribution >= 0.6 is 0 Å². The van der Waals surface area contributed by atoms with Gasteiger partial charge in [-0.05, 0) is 24.6 Å². The van der Waals surface area contributed by atoms with Gasteiger partial charge in [0.2, 0.25) is 0 Å². The van der Waals surface area contributed by atoms with E-state index in [2.05, 4.69) is 6.58 Å². The van der Waals surface area contributed by atoms with Crippen LogP contribution in [0.25, 0.3) is 0 Å². The minimum atomic E-state index is 0.146. The number of phenolic OH excluding ortho intramolecular Hbond substituents is 1. The molecule has 0 atom stereocenters. The Morgan fingerprint density at radius 1 is 1.39 bits per heavy atom. The van der Waals surface area contributed by atoms with E-state index in [1.165, 1.54) is 13.2 Å². The molecule has 1 aromatic rings. The fraction of sp³-hybridized carbons (Fsp3) is 0.200. The molecule has 0 heterocycles. The van der Waals surface area contributed by atoms with Gasteiger partial charge in [-0.1, -0.05) is 30.9 Å². The minimum absolute atomic E-state index is 0.146. The second kappa shape index (κ2) is 7.22. The maximum absolute atomic E-state index is 9.34. The number of aromatic hydroxyl groups is 1. The van der Waals surface area contributed by atoms with Crippen LogP contribution in [-0.4, -0.2) is 18.8 Å². The molecule has 1 aromatic carbocycles. The third-order valence-corrected chi connectivity index (χ3v) is 2.31. The second-order valence-electron chi connectivity index (χ2n) is 3.60. The van der Waals surface area contributed by atoms with Gasteiger partial charge in [-0.15, -0.1) is 0 Å². The largest absolute Gasteiger partial charge is 0.508 e. The van der Waals surface area contributed by atoms with Crippen molar-refractivity contribution in [2.24, 2.45) is 0 Å². The fourth-order valence-electron chi connectivity index (χ4n) is 1.33. The lowest BCUT2D eigenvalue weighted by Gasteiger charge is -2.11. The van der Waals surface area contributed by atoms with E-state index in [-0.39, 0.29) is 5.75 Å². The van der Waals surface area contributed by atoms with Crippen molar-refractivity contribution in [1.29, 1.82) is 0 Å². The molecule has 3 heteroatoms. The van der Waals surface area contributed by atoms with Crippen LogP contribution in [0.5, 0.6) is 17.2 Å². The number of benzene rings is 1. The van der Waals surface area contributed by atoms with Gasteiger partial charge in [-0.3, -0.25) is 0 Å². The van der Waals surface area contributed by atoms with Gasteiger partial charge in [0.05, 0.1) is 7.11 Å². The molecule has 0 aromatic heterocycles. The Kier molecular flexibility index (Phi) is 5.58. The fourth-order valence-corrected chi connectivity index (χ4v) is 1.33.